The molecule has 1 rings (SSSR count). The second kappa shape index (κ2) is 12.4. The smallest absolute Gasteiger partial charge is 0.350 e. The SMILES string of the molecule is CCNC(=NCCCF)NC(C)c1nc(C)c(C(=O)OCC)s1.I. The number of aromatic nitrogens is 1. The summed E-state index contributed by atoms with van der Waals surface area (Å²) in [5, 5.41) is 7.10. The molecule has 0 radical (unpaired) electrons. The molecule has 0 amide bonds. The molecule has 2 N–H and O–H groups in total. The molecule has 0 bridgehead atoms. The molecule has 1 aromatic rings. The fraction of sp³-hybridized carbons (Fsp3) is 0.667. The number of nitrogens with zero attached hydrogens (tertiary/aromatic N) is 2. The van der Waals surface area contributed by atoms with Gasteiger partial charge < -0.3 is 15.4 Å². The number of carbonyl (C=O) groups is 1. The van der Waals surface area contributed by atoms with Gasteiger partial charge in [0.15, 0.2) is 5.96 Å². The third-order valence-corrected chi connectivity index (χ3v) is 4.22. The molecule has 0 saturated carbocycles. The Kier molecular flexibility index (Phi) is 11.9. The molecular formula is C15H26FIN4O2S. The van der Waals surface area contributed by atoms with Crippen molar-refractivity contribution in [1.82, 2.24) is 15.6 Å². The maximum Gasteiger partial charge on any atom is 0.350 e. The third-order valence-electron chi connectivity index (χ3n) is 2.90. The molecule has 0 aliphatic heterocycles. The first-order chi connectivity index (χ1) is 11.0. The lowest BCUT2D eigenvalue weighted by molar-refractivity contribution is 0.0531. The molecular weight excluding hydrogens is 446 g/mol. The van der Waals surface area contributed by atoms with Crippen molar-refractivity contribution in [2.24, 2.45) is 4.99 Å². The second-order valence-corrected chi connectivity index (χ2v) is 5.89. The van der Waals surface area contributed by atoms with E-state index in [-0.39, 0.29) is 42.7 Å². The maximum absolute atomic E-state index is 12.2. The van der Waals surface area contributed by atoms with E-state index in [1.807, 2.05) is 13.8 Å². The number of hydrogen-bond acceptors (Lipinski definition) is 5. The minimum absolute atomic E-state index is 0. The van der Waals surface area contributed by atoms with Gasteiger partial charge in [-0.15, -0.1) is 35.3 Å². The molecule has 1 aromatic heterocycles. The molecule has 138 valence electrons. The summed E-state index contributed by atoms with van der Waals surface area (Å²) in [6.45, 7) is 8.55. The topological polar surface area (TPSA) is 75.6 Å². The van der Waals surface area contributed by atoms with Gasteiger partial charge in [-0.05, 0) is 34.1 Å². The van der Waals surface area contributed by atoms with E-state index in [9.17, 15) is 9.18 Å². The van der Waals surface area contributed by atoms with E-state index in [2.05, 4.69) is 20.6 Å². The molecule has 1 unspecified atom stereocenters. The zero-order chi connectivity index (χ0) is 17.2. The summed E-state index contributed by atoms with van der Waals surface area (Å²) in [5.74, 6) is 0.267. The number of alkyl halides is 1. The summed E-state index contributed by atoms with van der Waals surface area (Å²) in [7, 11) is 0. The van der Waals surface area contributed by atoms with Crippen LogP contribution >= 0.6 is 35.3 Å². The van der Waals surface area contributed by atoms with E-state index in [4.69, 9.17) is 4.74 Å². The number of hydrogen-bond donors (Lipinski definition) is 2. The summed E-state index contributed by atoms with van der Waals surface area (Å²) >= 11 is 1.31. The molecule has 0 fully saturated rings. The average Bonchev–Trinajstić information content (AvgIpc) is 2.90. The summed E-state index contributed by atoms with van der Waals surface area (Å²) in [6, 6.07) is -0.120. The molecule has 24 heavy (non-hydrogen) atoms. The lowest BCUT2D eigenvalue weighted by Gasteiger charge is -2.15. The van der Waals surface area contributed by atoms with E-state index in [1.54, 1.807) is 13.8 Å². The molecule has 1 atom stereocenters. The Hall–Kier alpha value is -0.970. The Bertz CT molecular complexity index is 540. The van der Waals surface area contributed by atoms with Gasteiger partial charge in [-0.25, -0.2) is 9.78 Å². The number of carbonyl (C=O) groups excluding carboxylic acids is 1. The van der Waals surface area contributed by atoms with Crippen LogP contribution in [0.15, 0.2) is 4.99 Å². The van der Waals surface area contributed by atoms with Crippen LogP contribution in [0.3, 0.4) is 0 Å². The van der Waals surface area contributed by atoms with Gasteiger partial charge in [0.25, 0.3) is 0 Å². The Balaban J connectivity index is 0.00000529. The van der Waals surface area contributed by atoms with Crippen LogP contribution in [0.25, 0.3) is 0 Å². The molecule has 1 heterocycles. The van der Waals surface area contributed by atoms with E-state index < -0.39 is 0 Å². The number of aliphatic imine (C=N–C) groups is 1. The van der Waals surface area contributed by atoms with Crippen LogP contribution in [0.2, 0.25) is 0 Å². The van der Waals surface area contributed by atoms with Crippen molar-refractivity contribution in [1.29, 1.82) is 0 Å². The predicted octanol–water partition coefficient (Wildman–Crippen LogP) is 3.22. The Labute approximate surface area is 163 Å². The van der Waals surface area contributed by atoms with Gasteiger partial charge in [0.2, 0.25) is 0 Å². The standard InChI is InChI=1S/C15H25FN4O2S.HI/c1-5-17-15(18-9-7-8-16)20-11(4)13-19-10(3)12(23-13)14(21)22-6-2;/h11H,5-9H2,1-4H3,(H2,17,18,20);1H. The normalized spacial score (nSPS) is 12.3. The van der Waals surface area contributed by atoms with Gasteiger partial charge >= 0.3 is 5.97 Å². The van der Waals surface area contributed by atoms with Crippen molar-refractivity contribution in [2.45, 2.75) is 40.2 Å². The summed E-state index contributed by atoms with van der Waals surface area (Å²) in [5.41, 5.74) is 0.663. The first-order valence-corrected chi connectivity index (χ1v) is 8.60. The van der Waals surface area contributed by atoms with E-state index in [1.165, 1.54) is 11.3 Å². The van der Waals surface area contributed by atoms with Crippen molar-refractivity contribution < 1.29 is 13.9 Å². The highest BCUT2D eigenvalue weighted by molar-refractivity contribution is 14.0. The van der Waals surface area contributed by atoms with Gasteiger partial charge in [0.05, 0.1) is 25.0 Å². The van der Waals surface area contributed by atoms with Crippen LogP contribution in [0.4, 0.5) is 4.39 Å². The highest BCUT2D eigenvalue weighted by Gasteiger charge is 2.20. The zero-order valence-corrected chi connectivity index (χ0v) is 17.7. The van der Waals surface area contributed by atoms with Crippen LogP contribution in [-0.4, -0.2) is 43.3 Å². The molecule has 0 spiro atoms. The van der Waals surface area contributed by atoms with Crippen molar-refractivity contribution in [3.05, 3.63) is 15.6 Å². The Morgan fingerprint density at radius 2 is 2.17 bits per heavy atom. The van der Waals surface area contributed by atoms with Crippen LogP contribution in [0.1, 0.15) is 53.6 Å². The van der Waals surface area contributed by atoms with Crippen LogP contribution in [0, 0.1) is 6.92 Å². The summed E-state index contributed by atoms with van der Waals surface area (Å²) in [4.78, 5) is 21.1. The number of nitrogens with one attached hydrogen (secondary N) is 2. The van der Waals surface area contributed by atoms with Gasteiger partial charge in [-0.3, -0.25) is 9.38 Å². The molecule has 0 aromatic carbocycles. The number of thiazole rings is 1. The Morgan fingerprint density at radius 3 is 2.75 bits per heavy atom. The molecule has 0 aliphatic carbocycles. The highest BCUT2D eigenvalue weighted by atomic mass is 127. The Morgan fingerprint density at radius 1 is 1.46 bits per heavy atom. The predicted molar refractivity (Wildman–Crippen MR) is 106 cm³/mol. The molecule has 0 saturated heterocycles. The maximum atomic E-state index is 12.2. The number of ether oxygens (including phenoxy) is 1. The van der Waals surface area contributed by atoms with Crippen molar-refractivity contribution in [2.75, 3.05) is 26.4 Å². The molecule has 0 aliphatic rings. The lowest BCUT2D eigenvalue weighted by atomic mass is 10.3. The first-order valence-electron chi connectivity index (χ1n) is 7.78. The van der Waals surface area contributed by atoms with Gasteiger partial charge in [-0.2, -0.15) is 0 Å². The van der Waals surface area contributed by atoms with Gasteiger partial charge in [0, 0.05) is 13.1 Å². The third kappa shape index (κ3) is 7.29. The van der Waals surface area contributed by atoms with Crippen LogP contribution in [-0.2, 0) is 4.74 Å². The van der Waals surface area contributed by atoms with Crippen LogP contribution in [0.5, 0.6) is 0 Å². The number of esters is 1. The monoisotopic (exact) mass is 472 g/mol. The van der Waals surface area contributed by atoms with E-state index in [0.29, 0.717) is 42.6 Å². The summed E-state index contributed by atoms with van der Waals surface area (Å²) < 4.78 is 17.2. The number of guanidine groups is 1. The van der Waals surface area contributed by atoms with Gasteiger partial charge in [-0.1, -0.05) is 0 Å². The van der Waals surface area contributed by atoms with Crippen molar-refractivity contribution in [3.63, 3.8) is 0 Å². The minimum Gasteiger partial charge on any atom is -0.462 e. The fourth-order valence-electron chi connectivity index (χ4n) is 1.83. The zero-order valence-electron chi connectivity index (χ0n) is 14.5. The number of rotatable bonds is 8. The number of aryl methyl sites for hydroxylation is 1. The lowest BCUT2D eigenvalue weighted by Crippen LogP contribution is -2.38. The molecule has 9 heteroatoms. The molecule has 6 nitrogen and oxygen atoms in total. The van der Waals surface area contributed by atoms with Crippen molar-refractivity contribution in [3.8, 4) is 0 Å². The quantitative estimate of drug-likeness (QED) is 0.200. The van der Waals surface area contributed by atoms with E-state index >= 15 is 0 Å². The first kappa shape index (κ1) is 23.0. The fourth-order valence-corrected chi connectivity index (χ4v) is 2.79. The van der Waals surface area contributed by atoms with Crippen molar-refractivity contribution >= 4 is 47.2 Å². The average molecular weight is 472 g/mol. The van der Waals surface area contributed by atoms with Crippen LogP contribution < -0.4 is 10.6 Å². The minimum atomic E-state index is -0.382. The largest absolute Gasteiger partial charge is 0.462 e. The number of halogens is 2. The second-order valence-electron chi connectivity index (χ2n) is 4.86. The summed E-state index contributed by atoms with van der Waals surface area (Å²) in [6.07, 6.45) is 0.397. The van der Waals surface area contributed by atoms with Gasteiger partial charge in [0.1, 0.15) is 9.88 Å². The highest BCUT2D eigenvalue weighted by Crippen LogP contribution is 2.24. The van der Waals surface area contributed by atoms with E-state index in [0.717, 1.165) is 5.01 Å².